The summed E-state index contributed by atoms with van der Waals surface area (Å²) >= 11 is 0. The zero-order valence-corrected chi connectivity index (χ0v) is 10.6. The molecule has 1 aliphatic rings. The first kappa shape index (κ1) is 12.0. The molecule has 0 spiro atoms. The summed E-state index contributed by atoms with van der Waals surface area (Å²) in [6.07, 6.45) is 4.73. The van der Waals surface area contributed by atoms with E-state index in [2.05, 4.69) is 0 Å². The predicted molar refractivity (Wildman–Crippen MR) is 69.9 cm³/mol. The summed E-state index contributed by atoms with van der Waals surface area (Å²) in [5, 5.41) is 0. The third-order valence-corrected chi connectivity index (χ3v) is 3.80. The molecule has 0 unspecified atom stereocenters. The first-order valence-corrected chi connectivity index (χ1v) is 6.23. The van der Waals surface area contributed by atoms with Crippen LogP contribution in [0.4, 0.5) is 5.69 Å². The minimum atomic E-state index is 0.0988. The number of benzene rings is 1. The minimum Gasteiger partial charge on any atom is -0.398 e. The fourth-order valence-electron chi connectivity index (χ4n) is 2.53. The number of amides is 1. The summed E-state index contributed by atoms with van der Waals surface area (Å²) in [6, 6.07) is 5.95. The number of nitrogen functional groups attached to an aromatic ring is 1. The van der Waals surface area contributed by atoms with Gasteiger partial charge in [0.1, 0.15) is 0 Å². The number of carbonyl (C=O) groups is 1. The van der Waals surface area contributed by atoms with Gasteiger partial charge in [0, 0.05) is 24.3 Å². The van der Waals surface area contributed by atoms with Gasteiger partial charge in [-0.1, -0.05) is 18.9 Å². The number of rotatable bonds is 2. The SMILES string of the molecule is Cc1c(N)cccc1C(=O)N(C)C1CCCC1. The minimum absolute atomic E-state index is 0.0988. The normalized spacial score (nSPS) is 16.1. The van der Waals surface area contributed by atoms with Gasteiger partial charge in [-0.05, 0) is 37.5 Å². The van der Waals surface area contributed by atoms with Crippen molar-refractivity contribution in [2.24, 2.45) is 0 Å². The Morgan fingerprint density at radius 1 is 1.35 bits per heavy atom. The van der Waals surface area contributed by atoms with Crippen molar-refractivity contribution in [3.63, 3.8) is 0 Å². The second kappa shape index (κ2) is 4.78. The van der Waals surface area contributed by atoms with E-state index in [-0.39, 0.29) is 5.91 Å². The molecule has 3 nitrogen and oxygen atoms in total. The molecule has 2 N–H and O–H groups in total. The van der Waals surface area contributed by atoms with Crippen LogP contribution >= 0.6 is 0 Å². The van der Waals surface area contributed by atoms with E-state index in [1.54, 1.807) is 0 Å². The fourth-order valence-corrected chi connectivity index (χ4v) is 2.53. The lowest BCUT2D eigenvalue weighted by atomic mass is 10.0. The van der Waals surface area contributed by atoms with Crippen molar-refractivity contribution >= 4 is 11.6 Å². The van der Waals surface area contributed by atoms with Gasteiger partial charge in [-0.25, -0.2) is 0 Å². The topological polar surface area (TPSA) is 46.3 Å². The molecule has 0 saturated heterocycles. The van der Waals surface area contributed by atoms with E-state index in [4.69, 9.17) is 5.73 Å². The van der Waals surface area contributed by atoms with Gasteiger partial charge in [-0.15, -0.1) is 0 Å². The Labute approximate surface area is 103 Å². The fraction of sp³-hybridized carbons (Fsp3) is 0.500. The van der Waals surface area contributed by atoms with Crippen LogP contribution in [0.25, 0.3) is 0 Å². The van der Waals surface area contributed by atoms with Crippen LogP contribution in [0.15, 0.2) is 18.2 Å². The van der Waals surface area contributed by atoms with Gasteiger partial charge >= 0.3 is 0 Å². The Morgan fingerprint density at radius 2 is 2.00 bits per heavy atom. The lowest BCUT2D eigenvalue weighted by molar-refractivity contribution is 0.0734. The molecule has 0 heterocycles. The van der Waals surface area contributed by atoms with Gasteiger partial charge in [-0.3, -0.25) is 4.79 Å². The molecule has 1 fully saturated rings. The Hall–Kier alpha value is -1.51. The molecule has 0 aromatic heterocycles. The summed E-state index contributed by atoms with van der Waals surface area (Å²) in [7, 11) is 1.90. The zero-order valence-electron chi connectivity index (χ0n) is 10.6. The molecule has 0 atom stereocenters. The quantitative estimate of drug-likeness (QED) is 0.797. The predicted octanol–water partition coefficient (Wildman–Crippen LogP) is 2.59. The highest BCUT2D eigenvalue weighted by molar-refractivity contribution is 5.96. The smallest absolute Gasteiger partial charge is 0.254 e. The molecule has 0 radical (unpaired) electrons. The third-order valence-electron chi connectivity index (χ3n) is 3.80. The van der Waals surface area contributed by atoms with Gasteiger partial charge in [0.25, 0.3) is 5.91 Å². The van der Waals surface area contributed by atoms with E-state index in [1.165, 1.54) is 12.8 Å². The lowest BCUT2D eigenvalue weighted by Gasteiger charge is -2.25. The molecule has 1 amide bonds. The van der Waals surface area contributed by atoms with E-state index in [1.807, 2.05) is 37.1 Å². The van der Waals surface area contributed by atoms with Crippen LogP contribution in [0.1, 0.15) is 41.6 Å². The molecule has 1 aromatic rings. The molecule has 0 aliphatic heterocycles. The van der Waals surface area contributed by atoms with Crippen LogP contribution in [0, 0.1) is 6.92 Å². The third kappa shape index (κ3) is 2.28. The second-order valence-electron chi connectivity index (χ2n) is 4.87. The van der Waals surface area contributed by atoms with Crippen LogP contribution in [-0.4, -0.2) is 23.9 Å². The Bertz CT molecular complexity index is 422. The van der Waals surface area contributed by atoms with Crippen LogP contribution < -0.4 is 5.73 Å². The van der Waals surface area contributed by atoms with Gasteiger partial charge in [0.05, 0.1) is 0 Å². The maximum Gasteiger partial charge on any atom is 0.254 e. The highest BCUT2D eigenvalue weighted by Gasteiger charge is 2.25. The summed E-state index contributed by atoms with van der Waals surface area (Å²) in [5.74, 6) is 0.0988. The molecular formula is C14H20N2O. The van der Waals surface area contributed by atoms with Crippen molar-refractivity contribution in [3.8, 4) is 0 Å². The highest BCUT2D eigenvalue weighted by atomic mass is 16.2. The van der Waals surface area contributed by atoms with Crippen molar-refractivity contribution in [1.29, 1.82) is 0 Å². The molecule has 1 aliphatic carbocycles. The van der Waals surface area contributed by atoms with Crippen molar-refractivity contribution in [3.05, 3.63) is 29.3 Å². The lowest BCUT2D eigenvalue weighted by Crippen LogP contribution is -2.35. The molecule has 3 heteroatoms. The van der Waals surface area contributed by atoms with Gasteiger partial charge in [-0.2, -0.15) is 0 Å². The van der Waals surface area contributed by atoms with Crippen molar-refractivity contribution in [2.75, 3.05) is 12.8 Å². The largest absolute Gasteiger partial charge is 0.398 e. The van der Waals surface area contributed by atoms with Crippen LogP contribution in [0.5, 0.6) is 0 Å². The second-order valence-corrected chi connectivity index (χ2v) is 4.87. The number of hydrogen-bond acceptors (Lipinski definition) is 2. The molecule has 17 heavy (non-hydrogen) atoms. The van der Waals surface area contributed by atoms with E-state index >= 15 is 0 Å². The number of anilines is 1. The number of hydrogen-bond donors (Lipinski definition) is 1. The standard InChI is InChI=1S/C14H20N2O/c1-10-12(8-5-9-13(10)15)14(17)16(2)11-6-3-4-7-11/h5,8-9,11H,3-4,6-7,15H2,1-2H3. The van der Waals surface area contributed by atoms with Crippen LogP contribution in [0.3, 0.4) is 0 Å². The van der Waals surface area contributed by atoms with Crippen molar-refractivity contribution in [1.82, 2.24) is 4.90 Å². The highest BCUT2D eigenvalue weighted by Crippen LogP contribution is 2.25. The molecule has 1 saturated carbocycles. The Morgan fingerprint density at radius 3 is 2.65 bits per heavy atom. The van der Waals surface area contributed by atoms with E-state index < -0.39 is 0 Å². The summed E-state index contributed by atoms with van der Waals surface area (Å²) in [4.78, 5) is 14.3. The van der Waals surface area contributed by atoms with Gasteiger partial charge in [0.15, 0.2) is 0 Å². The number of nitrogens with two attached hydrogens (primary N) is 1. The monoisotopic (exact) mass is 232 g/mol. The van der Waals surface area contributed by atoms with Crippen molar-refractivity contribution in [2.45, 2.75) is 38.6 Å². The Balaban J connectivity index is 2.21. The summed E-state index contributed by atoms with van der Waals surface area (Å²) < 4.78 is 0. The summed E-state index contributed by atoms with van der Waals surface area (Å²) in [6.45, 7) is 1.91. The van der Waals surface area contributed by atoms with E-state index in [9.17, 15) is 4.79 Å². The van der Waals surface area contributed by atoms with Gasteiger partial charge < -0.3 is 10.6 Å². The molecule has 92 valence electrons. The first-order valence-electron chi connectivity index (χ1n) is 6.23. The maximum atomic E-state index is 12.4. The molecular weight excluding hydrogens is 212 g/mol. The van der Waals surface area contributed by atoms with Crippen LogP contribution in [-0.2, 0) is 0 Å². The molecule has 1 aromatic carbocycles. The number of nitrogens with zero attached hydrogens (tertiary/aromatic N) is 1. The average Bonchev–Trinajstić information content (AvgIpc) is 2.84. The Kier molecular flexibility index (Phi) is 3.36. The molecule has 0 bridgehead atoms. The maximum absolute atomic E-state index is 12.4. The first-order chi connectivity index (χ1) is 8.11. The zero-order chi connectivity index (χ0) is 12.4. The van der Waals surface area contributed by atoms with Crippen molar-refractivity contribution < 1.29 is 4.79 Å². The van der Waals surface area contributed by atoms with E-state index in [0.29, 0.717) is 11.7 Å². The average molecular weight is 232 g/mol. The summed E-state index contributed by atoms with van der Waals surface area (Å²) in [5.41, 5.74) is 8.16. The molecule has 2 rings (SSSR count). The van der Waals surface area contributed by atoms with E-state index in [0.717, 1.165) is 24.0 Å². The number of carbonyl (C=O) groups excluding carboxylic acids is 1. The van der Waals surface area contributed by atoms with Gasteiger partial charge in [0.2, 0.25) is 0 Å². The van der Waals surface area contributed by atoms with Crippen LogP contribution in [0.2, 0.25) is 0 Å².